The molecule has 1 rings (SSSR count). The third-order valence-corrected chi connectivity index (χ3v) is 1.29. The average molecular weight is 157 g/mol. The molecule has 0 radical (unpaired) electrons. The van der Waals surface area contributed by atoms with Crippen LogP contribution in [0.25, 0.3) is 0 Å². The summed E-state index contributed by atoms with van der Waals surface area (Å²) in [6.07, 6.45) is 1.78. The van der Waals surface area contributed by atoms with E-state index in [1.165, 1.54) is 6.26 Å². The molecule has 0 saturated carbocycles. The largest absolute Gasteiger partial charge is 0.469 e. The second-order valence-corrected chi connectivity index (χ2v) is 2.01. The Hall–Kier alpha value is -0.900. The number of rotatable bonds is 2. The molecule has 0 fully saturated rings. The highest BCUT2D eigenvalue weighted by Crippen LogP contribution is 2.00. The lowest BCUT2D eigenvalue weighted by atomic mass is 10.3. The molecule has 54 valence electrons. The van der Waals surface area contributed by atoms with E-state index in [9.17, 15) is 4.79 Å². The molecule has 1 amide bonds. The Balaban J connectivity index is 2.48. The van der Waals surface area contributed by atoms with Gasteiger partial charge in [-0.15, -0.1) is 0 Å². The number of nitrogens with one attached hydrogen (secondary N) is 1. The van der Waals surface area contributed by atoms with Gasteiger partial charge in [0, 0.05) is 0 Å². The van der Waals surface area contributed by atoms with Gasteiger partial charge in [0.25, 0.3) is 0 Å². The lowest BCUT2D eigenvalue weighted by Gasteiger charge is -1.92. The van der Waals surface area contributed by atoms with Crippen molar-refractivity contribution in [2.45, 2.75) is 6.42 Å². The monoisotopic (exact) mass is 157 g/mol. The number of thiol groups is 1. The van der Waals surface area contributed by atoms with E-state index in [4.69, 9.17) is 4.42 Å². The summed E-state index contributed by atoms with van der Waals surface area (Å²) in [5.74, 6) is 0.477. The Bertz CT molecular complexity index is 208. The first-order valence-electron chi connectivity index (χ1n) is 2.78. The highest BCUT2D eigenvalue weighted by Gasteiger charge is 2.01. The maximum Gasteiger partial charge on any atom is 0.237 e. The number of furan rings is 1. The second kappa shape index (κ2) is 3.31. The van der Waals surface area contributed by atoms with E-state index >= 15 is 0 Å². The molecule has 0 atom stereocenters. The van der Waals surface area contributed by atoms with E-state index < -0.39 is 0 Å². The third-order valence-electron chi connectivity index (χ3n) is 1.04. The van der Waals surface area contributed by atoms with Crippen molar-refractivity contribution in [1.29, 1.82) is 0 Å². The lowest BCUT2D eigenvalue weighted by molar-refractivity contribution is -0.118. The van der Waals surface area contributed by atoms with Crippen LogP contribution >= 0.6 is 12.8 Å². The summed E-state index contributed by atoms with van der Waals surface area (Å²) < 4.78 is 7.11. The molecule has 0 aliphatic rings. The number of amides is 1. The Morgan fingerprint density at radius 1 is 1.80 bits per heavy atom. The van der Waals surface area contributed by atoms with Gasteiger partial charge in [0.2, 0.25) is 5.91 Å². The molecule has 10 heavy (non-hydrogen) atoms. The van der Waals surface area contributed by atoms with Crippen LogP contribution < -0.4 is 4.72 Å². The molecule has 3 nitrogen and oxygen atoms in total. The molecule has 1 aromatic rings. The molecule has 0 aromatic carbocycles. The third kappa shape index (κ3) is 1.80. The summed E-state index contributed by atoms with van der Waals surface area (Å²) in [7, 11) is 0. The quantitative estimate of drug-likeness (QED) is 0.623. The summed E-state index contributed by atoms with van der Waals surface area (Å²) in [6.45, 7) is 0. The molecule has 0 saturated heterocycles. The summed E-state index contributed by atoms with van der Waals surface area (Å²) in [6, 6.07) is 3.48. The zero-order valence-electron chi connectivity index (χ0n) is 5.20. The molecule has 0 aliphatic heterocycles. The first-order chi connectivity index (χ1) is 4.83. The minimum Gasteiger partial charge on any atom is -0.469 e. The van der Waals surface area contributed by atoms with E-state index in [-0.39, 0.29) is 12.3 Å². The van der Waals surface area contributed by atoms with Crippen molar-refractivity contribution >= 4 is 18.7 Å². The Morgan fingerprint density at radius 3 is 3.10 bits per heavy atom. The van der Waals surface area contributed by atoms with Crippen molar-refractivity contribution in [3.05, 3.63) is 24.2 Å². The van der Waals surface area contributed by atoms with Crippen molar-refractivity contribution in [2.75, 3.05) is 0 Å². The van der Waals surface area contributed by atoms with Crippen molar-refractivity contribution in [1.82, 2.24) is 4.72 Å². The van der Waals surface area contributed by atoms with Gasteiger partial charge in [0.15, 0.2) is 0 Å². The standard InChI is InChI=1S/C6H7NO2S/c8-6(7-10)4-5-2-1-3-9-5/h1-3,10H,4H2,(H,7,8). The van der Waals surface area contributed by atoms with Gasteiger partial charge in [-0.05, 0) is 12.1 Å². The van der Waals surface area contributed by atoms with Crippen LogP contribution in [0.3, 0.4) is 0 Å². The molecular formula is C6H7NO2S. The van der Waals surface area contributed by atoms with Crippen LogP contribution in [-0.2, 0) is 11.2 Å². The second-order valence-electron chi connectivity index (χ2n) is 1.79. The maximum absolute atomic E-state index is 10.6. The van der Waals surface area contributed by atoms with Gasteiger partial charge in [0.1, 0.15) is 5.76 Å². The Kier molecular flexibility index (Phi) is 2.39. The van der Waals surface area contributed by atoms with Crippen LogP contribution in [0.4, 0.5) is 0 Å². The first kappa shape index (κ1) is 7.21. The van der Waals surface area contributed by atoms with Gasteiger partial charge in [-0.3, -0.25) is 4.79 Å². The van der Waals surface area contributed by atoms with Gasteiger partial charge < -0.3 is 9.14 Å². The predicted octanol–water partition coefficient (Wildman–Crippen LogP) is 0.783. The molecule has 0 aliphatic carbocycles. The molecule has 1 N–H and O–H groups in total. The minimum absolute atomic E-state index is 0.168. The van der Waals surface area contributed by atoms with Crippen LogP contribution in [0.1, 0.15) is 5.76 Å². The predicted molar refractivity (Wildman–Crippen MR) is 39.5 cm³/mol. The van der Waals surface area contributed by atoms with E-state index in [1.54, 1.807) is 12.1 Å². The fourth-order valence-corrected chi connectivity index (χ4v) is 0.690. The van der Waals surface area contributed by atoms with Gasteiger partial charge >= 0.3 is 0 Å². The van der Waals surface area contributed by atoms with Gasteiger partial charge in [-0.1, -0.05) is 12.8 Å². The van der Waals surface area contributed by atoms with Crippen LogP contribution in [0, 0.1) is 0 Å². The van der Waals surface area contributed by atoms with E-state index in [1.807, 2.05) is 0 Å². The van der Waals surface area contributed by atoms with Crippen molar-refractivity contribution in [3.8, 4) is 0 Å². The summed E-state index contributed by atoms with van der Waals surface area (Å²) in [5.41, 5.74) is 0. The number of hydrogen-bond acceptors (Lipinski definition) is 3. The zero-order chi connectivity index (χ0) is 7.40. The van der Waals surface area contributed by atoms with Crippen LogP contribution in [-0.4, -0.2) is 5.91 Å². The fourth-order valence-electron chi connectivity index (χ4n) is 0.611. The lowest BCUT2D eigenvalue weighted by Crippen LogP contribution is -2.14. The smallest absolute Gasteiger partial charge is 0.237 e. The number of carbonyl (C=O) groups excluding carboxylic acids is 1. The molecule has 0 spiro atoms. The molecule has 1 aromatic heterocycles. The van der Waals surface area contributed by atoms with Crippen LogP contribution in [0.2, 0.25) is 0 Å². The normalized spacial score (nSPS) is 9.30. The molecular weight excluding hydrogens is 150 g/mol. The van der Waals surface area contributed by atoms with Crippen LogP contribution in [0.15, 0.2) is 22.8 Å². The molecule has 0 unspecified atom stereocenters. The van der Waals surface area contributed by atoms with Crippen LogP contribution in [0.5, 0.6) is 0 Å². The van der Waals surface area contributed by atoms with Gasteiger partial charge in [-0.25, -0.2) is 0 Å². The Labute approximate surface area is 64.0 Å². The average Bonchev–Trinajstić information content (AvgIpc) is 2.40. The molecule has 1 heterocycles. The van der Waals surface area contributed by atoms with E-state index in [0.717, 1.165) is 0 Å². The first-order valence-corrected chi connectivity index (χ1v) is 3.23. The summed E-state index contributed by atoms with van der Waals surface area (Å²) in [4.78, 5) is 10.6. The number of hydrogen-bond donors (Lipinski definition) is 2. The zero-order valence-corrected chi connectivity index (χ0v) is 6.10. The summed E-state index contributed by atoms with van der Waals surface area (Å²) in [5, 5.41) is 0. The highest BCUT2D eigenvalue weighted by molar-refractivity contribution is 7.78. The topological polar surface area (TPSA) is 42.2 Å². The molecule has 0 bridgehead atoms. The molecule has 4 heteroatoms. The SMILES string of the molecule is O=C(Cc1ccco1)NS. The maximum atomic E-state index is 10.6. The highest BCUT2D eigenvalue weighted by atomic mass is 32.1. The minimum atomic E-state index is -0.168. The van der Waals surface area contributed by atoms with Gasteiger partial charge in [0.05, 0.1) is 12.7 Å². The van der Waals surface area contributed by atoms with E-state index in [0.29, 0.717) is 5.76 Å². The van der Waals surface area contributed by atoms with Crippen molar-refractivity contribution in [3.63, 3.8) is 0 Å². The van der Waals surface area contributed by atoms with Crippen molar-refractivity contribution < 1.29 is 9.21 Å². The van der Waals surface area contributed by atoms with Gasteiger partial charge in [-0.2, -0.15) is 0 Å². The Morgan fingerprint density at radius 2 is 2.60 bits per heavy atom. The summed E-state index contributed by atoms with van der Waals surface area (Å²) >= 11 is 3.59. The van der Waals surface area contributed by atoms with Crippen molar-refractivity contribution in [2.24, 2.45) is 0 Å². The fraction of sp³-hybridized carbons (Fsp3) is 0.167. The number of carbonyl (C=O) groups is 1. The van der Waals surface area contributed by atoms with E-state index in [2.05, 4.69) is 17.5 Å².